The van der Waals surface area contributed by atoms with E-state index in [1.165, 1.54) is 12.4 Å². The van der Waals surface area contributed by atoms with Gasteiger partial charge in [-0.3, -0.25) is 4.79 Å². The van der Waals surface area contributed by atoms with Crippen molar-refractivity contribution in [2.75, 3.05) is 24.6 Å². The van der Waals surface area contributed by atoms with Crippen molar-refractivity contribution in [1.29, 1.82) is 0 Å². The summed E-state index contributed by atoms with van der Waals surface area (Å²) >= 11 is 12.3. The highest BCUT2D eigenvalue weighted by Gasteiger charge is 2.35. The Bertz CT molecular complexity index is 1140. The third kappa shape index (κ3) is 4.18. The van der Waals surface area contributed by atoms with E-state index in [0.29, 0.717) is 39.8 Å². The molecule has 1 saturated heterocycles. The van der Waals surface area contributed by atoms with Gasteiger partial charge in [0.25, 0.3) is 0 Å². The van der Waals surface area contributed by atoms with Crippen molar-refractivity contribution in [3.05, 3.63) is 52.5 Å². The summed E-state index contributed by atoms with van der Waals surface area (Å²) in [5.41, 5.74) is 1.58. The first-order chi connectivity index (χ1) is 14.9. The van der Waals surface area contributed by atoms with E-state index in [4.69, 9.17) is 27.9 Å². The van der Waals surface area contributed by atoms with E-state index in [-0.39, 0.29) is 18.7 Å². The molecule has 0 saturated carbocycles. The van der Waals surface area contributed by atoms with Gasteiger partial charge < -0.3 is 14.7 Å². The van der Waals surface area contributed by atoms with Crippen LogP contribution in [0.3, 0.4) is 0 Å². The minimum atomic E-state index is -0.810. The monoisotopic (exact) mass is 463 g/mol. The average molecular weight is 464 g/mol. The molecule has 1 aromatic heterocycles. The van der Waals surface area contributed by atoms with Crippen LogP contribution in [0, 0.1) is 11.7 Å². The highest BCUT2D eigenvalue weighted by molar-refractivity contribution is 6.42. The van der Waals surface area contributed by atoms with Gasteiger partial charge in [0.1, 0.15) is 29.4 Å². The fourth-order valence-corrected chi connectivity index (χ4v) is 4.18. The van der Waals surface area contributed by atoms with Crippen molar-refractivity contribution in [3.63, 3.8) is 0 Å². The number of aliphatic hydroxyl groups is 1. The Hall–Kier alpha value is -2.48. The topological polar surface area (TPSA) is 75.5 Å². The van der Waals surface area contributed by atoms with E-state index in [1.807, 2.05) is 4.90 Å². The Morgan fingerprint density at radius 2 is 2.06 bits per heavy atom. The number of carbonyl (C=O) groups is 1. The largest absolute Gasteiger partial charge is 0.466 e. The van der Waals surface area contributed by atoms with Crippen LogP contribution >= 0.6 is 23.2 Å². The SMILES string of the molecule is CCOC(=O)C1CN(c2ncnc3c(F)ccc(-c4ccc(Cl)c(Cl)c4)c23)CCC1O. The molecule has 1 fully saturated rings. The number of piperidine rings is 1. The molecule has 2 aromatic carbocycles. The number of hydrogen-bond donors (Lipinski definition) is 1. The van der Waals surface area contributed by atoms with Crippen LogP contribution in [0.1, 0.15) is 13.3 Å². The summed E-state index contributed by atoms with van der Waals surface area (Å²) in [4.78, 5) is 22.8. The Morgan fingerprint density at radius 3 is 2.81 bits per heavy atom. The first-order valence-electron chi connectivity index (χ1n) is 9.89. The molecule has 162 valence electrons. The van der Waals surface area contributed by atoms with Crippen LogP contribution in [-0.2, 0) is 9.53 Å². The van der Waals surface area contributed by atoms with Gasteiger partial charge in [-0.05, 0) is 42.7 Å². The van der Waals surface area contributed by atoms with Gasteiger partial charge in [0.15, 0.2) is 0 Å². The molecule has 2 heterocycles. The van der Waals surface area contributed by atoms with Gasteiger partial charge in [-0.15, -0.1) is 0 Å². The summed E-state index contributed by atoms with van der Waals surface area (Å²) in [6, 6.07) is 8.16. The average Bonchev–Trinajstić information content (AvgIpc) is 2.76. The maximum atomic E-state index is 14.7. The predicted molar refractivity (Wildman–Crippen MR) is 118 cm³/mol. The number of benzene rings is 2. The number of fused-ring (bicyclic) bond motifs is 1. The van der Waals surface area contributed by atoms with Crippen LogP contribution in [0.25, 0.3) is 22.0 Å². The molecule has 2 unspecified atom stereocenters. The van der Waals surface area contributed by atoms with Crippen LogP contribution in [0.2, 0.25) is 10.0 Å². The minimum Gasteiger partial charge on any atom is -0.466 e. The lowest BCUT2D eigenvalue weighted by molar-refractivity contribution is -0.152. The maximum Gasteiger partial charge on any atom is 0.313 e. The second-order valence-corrected chi connectivity index (χ2v) is 8.12. The van der Waals surface area contributed by atoms with Gasteiger partial charge >= 0.3 is 5.97 Å². The molecule has 0 radical (unpaired) electrons. The van der Waals surface area contributed by atoms with E-state index in [1.54, 1.807) is 31.2 Å². The molecule has 31 heavy (non-hydrogen) atoms. The summed E-state index contributed by atoms with van der Waals surface area (Å²) in [7, 11) is 0. The molecule has 4 rings (SSSR count). The van der Waals surface area contributed by atoms with E-state index < -0.39 is 23.8 Å². The second-order valence-electron chi connectivity index (χ2n) is 7.31. The number of hydrogen-bond acceptors (Lipinski definition) is 6. The lowest BCUT2D eigenvalue weighted by Gasteiger charge is -2.36. The second kappa shape index (κ2) is 8.94. The van der Waals surface area contributed by atoms with Crippen molar-refractivity contribution in [1.82, 2.24) is 9.97 Å². The van der Waals surface area contributed by atoms with Crippen LogP contribution in [0.4, 0.5) is 10.2 Å². The molecule has 1 N–H and O–H groups in total. The van der Waals surface area contributed by atoms with E-state index in [0.717, 1.165) is 5.56 Å². The number of esters is 1. The van der Waals surface area contributed by atoms with Crippen molar-refractivity contribution in [2.24, 2.45) is 5.92 Å². The standard InChI is InChI=1S/C22H20Cl2FN3O3/c1-2-31-22(30)14-10-28(8-7-18(14)29)21-19-13(12-3-5-15(23)16(24)9-12)4-6-17(25)20(19)26-11-27-21/h3-6,9,11,14,18,29H,2,7-8,10H2,1H3. The van der Waals surface area contributed by atoms with Gasteiger partial charge in [0, 0.05) is 13.1 Å². The first kappa shape index (κ1) is 21.7. The van der Waals surface area contributed by atoms with Crippen LogP contribution < -0.4 is 4.90 Å². The number of aromatic nitrogens is 2. The number of ether oxygens (including phenoxy) is 1. The van der Waals surface area contributed by atoms with Crippen molar-refractivity contribution in [2.45, 2.75) is 19.4 Å². The van der Waals surface area contributed by atoms with Gasteiger partial charge in [-0.25, -0.2) is 14.4 Å². The molecule has 0 aliphatic carbocycles. The zero-order valence-corrected chi connectivity index (χ0v) is 18.2. The number of rotatable bonds is 4. The summed E-state index contributed by atoms with van der Waals surface area (Å²) in [6.45, 7) is 2.59. The molecule has 2 atom stereocenters. The molecule has 9 heteroatoms. The molecule has 3 aromatic rings. The molecule has 0 bridgehead atoms. The Morgan fingerprint density at radius 1 is 1.26 bits per heavy atom. The molecular formula is C22H20Cl2FN3O3. The predicted octanol–water partition coefficient (Wildman–Crippen LogP) is 4.49. The minimum absolute atomic E-state index is 0.160. The van der Waals surface area contributed by atoms with Gasteiger partial charge in [-0.2, -0.15) is 0 Å². The fraction of sp³-hybridized carbons (Fsp3) is 0.318. The summed E-state index contributed by atoms with van der Waals surface area (Å²) in [6.07, 6.45) is 0.838. The highest BCUT2D eigenvalue weighted by Crippen LogP contribution is 2.38. The molecule has 1 aliphatic heterocycles. The van der Waals surface area contributed by atoms with E-state index >= 15 is 0 Å². The summed E-state index contributed by atoms with van der Waals surface area (Å²) < 4.78 is 19.8. The quantitative estimate of drug-likeness (QED) is 0.574. The zero-order valence-electron chi connectivity index (χ0n) is 16.7. The van der Waals surface area contributed by atoms with Gasteiger partial charge in [0.05, 0.1) is 28.1 Å². The third-order valence-electron chi connectivity index (χ3n) is 5.41. The molecule has 0 spiro atoms. The molecule has 1 aliphatic rings. The van der Waals surface area contributed by atoms with Crippen LogP contribution in [-0.4, -0.2) is 46.8 Å². The lowest BCUT2D eigenvalue weighted by atomic mass is 9.93. The van der Waals surface area contributed by atoms with Crippen LogP contribution in [0.15, 0.2) is 36.7 Å². The number of aliphatic hydroxyl groups excluding tert-OH is 1. The van der Waals surface area contributed by atoms with Gasteiger partial charge in [-0.1, -0.05) is 35.3 Å². The number of anilines is 1. The van der Waals surface area contributed by atoms with Crippen molar-refractivity contribution >= 4 is 45.9 Å². The van der Waals surface area contributed by atoms with Crippen LogP contribution in [0.5, 0.6) is 0 Å². The first-order valence-corrected chi connectivity index (χ1v) is 10.6. The number of halogens is 3. The maximum absolute atomic E-state index is 14.7. The van der Waals surface area contributed by atoms with Crippen molar-refractivity contribution < 1.29 is 19.0 Å². The molecular weight excluding hydrogens is 444 g/mol. The lowest BCUT2D eigenvalue weighted by Crippen LogP contribution is -2.47. The summed E-state index contributed by atoms with van der Waals surface area (Å²) in [5, 5.41) is 11.6. The molecule has 0 amide bonds. The number of carbonyl (C=O) groups excluding carboxylic acids is 1. The van der Waals surface area contributed by atoms with Crippen molar-refractivity contribution in [3.8, 4) is 11.1 Å². The number of nitrogens with zero attached hydrogens (tertiary/aromatic N) is 3. The summed E-state index contributed by atoms with van der Waals surface area (Å²) in [5.74, 6) is -1.19. The highest BCUT2D eigenvalue weighted by atomic mass is 35.5. The smallest absolute Gasteiger partial charge is 0.313 e. The van der Waals surface area contributed by atoms with Gasteiger partial charge in [0.2, 0.25) is 0 Å². The van der Waals surface area contributed by atoms with E-state index in [2.05, 4.69) is 9.97 Å². The zero-order chi connectivity index (χ0) is 22.1. The fourth-order valence-electron chi connectivity index (χ4n) is 3.88. The molecule has 6 nitrogen and oxygen atoms in total. The normalized spacial score (nSPS) is 18.9. The Labute approximate surface area is 188 Å². The van der Waals surface area contributed by atoms with E-state index in [9.17, 15) is 14.3 Å². The third-order valence-corrected chi connectivity index (χ3v) is 6.15. The Balaban J connectivity index is 1.84. The Kier molecular flexibility index (Phi) is 6.27.